The second-order valence-corrected chi connectivity index (χ2v) is 4.40. The van der Waals surface area contributed by atoms with Gasteiger partial charge in [-0.05, 0) is 31.2 Å². The van der Waals surface area contributed by atoms with Crippen LogP contribution in [0.2, 0.25) is 0 Å². The summed E-state index contributed by atoms with van der Waals surface area (Å²) in [4.78, 5) is 12.1. The second kappa shape index (κ2) is 6.20. The zero-order valence-corrected chi connectivity index (χ0v) is 11.6. The van der Waals surface area contributed by atoms with Gasteiger partial charge < -0.3 is 10.4 Å². The molecule has 2 rings (SSSR count). The number of hydrogen-bond donors (Lipinski definition) is 2. The van der Waals surface area contributed by atoms with Crippen molar-refractivity contribution in [3.05, 3.63) is 47.0 Å². The largest absolute Gasteiger partial charge is 0.384 e. The number of carbonyl (C=O) groups excluding carboxylic acids is 1. The first-order valence-corrected chi connectivity index (χ1v) is 6.22. The third-order valence-electron chi connectivity index (χ3n) is 2.76. The van der Waals surface area contributed by atoms with Crippen molar-refractivity contribution in [3.63, 3.8) is 0 Å². The maximum absolute atomic E-state index is 13.8. The molecule has 0 spiro atoms. The summed E-state index contributed by atoms with van der Waals surface area (Å²) in [5.74, 6) is 3.92. The Bertz CT molecular complexity index is 741. The number of nitrogens with one attached hydrogen (secondary N) is 1. The Labute approximate surface area is 121 Å². The number of benzene rings is 1. The topological polar surface area (TPSA) is 67.2 Å². The molecule has 6 heteroatoms. The van der Waals surface area contributed by atoms with E-state index >= 15 is 0 Å². The fourth-order valence-electron chi connectivity index (χ4n) is 1.85. The van der Waals surface area contributed by atoms with Crippen molar-refractivity contribution >= 4 is 11.6 Å². The molecule has 0 unspecified atom stereocenters. The number of nitrogens with zero attached hydrogens (tertiary/aromatic N) is 2. The fraction of sp³-hybridized carbons (Fsp3) is 0.200. The number of aliphatic hydroxyl groups is 1. The van der Waals surface area contributed by atoms with Gasteiger partial charge in [-0.2, -0.15) is 5.10 Å². The van der Waals surface area contributed by atoms with Crippen LogP contribution in [0.5, 0.6) is 0 Å². The molecule has 108 valence electrons. The van der Waals surface area contributed by atoms with Gasteiger partial charge in [0.25, 0.3) is 5.91 Å². The lowest BCUT2D eigenvalue weighted by Crippen LogP contribution is -2.16. The van der Waals surface area contributed by atoms with E-state index in [1.165, 1.54) is 16.8 Å². The predicted molar refractivity (Wildman–Crippen MR) is 76.3 cm³/mol. The number of aromatic nitrogens is 2. The summed E-state index contributed by atoms with van der Waals surface area (Å²) in [6, 6.07) is 5.82. The molecular formula is C15H14FN3O2. The van der Waals surface area contributed by atoms with Crippen LogP contribution in [0.4, 0.5) is 10.1 Å². The number of halogens is 1. The summed E-state index contributed by atoms with van der Waals surface area (Å²) in [7, 11) is 1.66. The van der Waals surface area contributed by atoms with E-state index in [0.717, 1.165) is 5.69 Å². The first-order chi connectivity index (χ1) is 10.0. The minimum atomic E-state index is -0.560. The summed E-state index contributed by atoms with van der Waals surface area (Å²) in [5, 5.41) is 15.3. The standard InChI is InChI=1S/C15H14FN3O2/c1-10-8-14(19(2)18-10)15(21)17-12-6-5-11(4-3-7-20)13(16)9-12/h5-6,8-9,20H,7H2,1-2H3,(H,17,21). The third-order valence-corrected chi connectivity index (χ3v) is 2.76. The van der Waals surface area contributed by atoms with Crippen LogP contribution >= 0.6 is 0 Å². The highest BCUT2D eigenvalue weighted by Gasteiger charge is 2.12. The van der Waals surface area contributed by atoms with E-state index < -0.39 is 5.82 Å². The van der Waals surface area contributed by atoms with Gasteiger partial charge in [-0.25, -0.2) is 4.39 Å². The minimum Gasteiger partial charge on any atom is -0.384 e. The van der Waals surface area contributed by atoms with Crippen LogP contribution in [-0.2, 0) is 7.05 Å². The monoisotopic (exact) mass is 287 g/mol. The summed E-state index contributed by atoms with van der Waals surface area (Å²) < 4.78 is 15.2. The molecule has 0 radical (unpaired) electrons. The SMILES string of the molecule is Cc1cc(C(=O)Nc2ccc(C#CCO)c(F)c2)n(C)n1. The van der Waals surface area contributed by atoms with Crippen LogP contribution in [0.3, 0.4) is 0 Å². The molecule has 0 fully saturated rings. The summed E-state index contributed by atoms with van der Waals surface area (Å²) in [5.41, 5.74) is 1.60. The Morgan fingerprint density at radius 1 is 1.48 bits per heavy atom. The molecule has 0 atom stereocenters. The molecule has 2 aromatic rings. The van der Waals surface area contributed by atoms with Crippen LogP contribution in [-0.4, -0.2) is 27.4 Å². The van der Waals surface area contributed by atoms with Gasteiger partial charge in [0.1, 0.15) is 18.1 Å². The molecule has 0 bridgehead atoms. The fourth-order valence-corrected chi connectivity index (χ4v) is 1.85. The van der Waals surface area contributed by atoms with E-state index in [-0.39, 0.29) is 18.1 Å². The van der Waals surface area contributed by atoms with E-state index in [1.54, 1.807) is 26.1 Å². The normalized spacial score (nSPS) is 9.90. The lowest BCUT2D eigenvalue weighted by molar-refractivity contribution is 0.101. The van der Waals surface area contributed by atoms with Crippen LogP contribution in [0.15, 0.2) is 24.3 Å². The van der Waals surface area contributed by atoms with Gasteiger partial charge in [-0.3, -0.25) is 9.48 Å². The summed E-state index contributed by atoms with van der Waals surface area (Å²) in [6.45, 7) is 1.45. The van der Waals surface area contributed by atoms with Crippen molar-refractivity contribution in [1.82, 2.24) is 9.78 Å². The molecule has 1 aromatic heterocycles. The molecule has 21 heavy (non-hydrogen) atoms. The molecular weight excluding hydrogens is 273 g/mol. The van der Waals surface area contributed by atoms with E-state index in [2.05, 4.69) is 22.3 Å². The zero-order chi connectivity index (χ0) is 15.4. The molecule has 1 heterocycles. The molecule has 5 nitrogen and oxygen atoms in total. The lowest BCUT2D eigenvalue weighted by Gasteiger charge is -2.06. The van der Waals surface area contributed by atoms with Crippen LogP contribution in [0.1, 0.15) is 21.7 Å². The van der Waals surface area contributed by atoms with Crippen molar-refractivity contribution in [1.29, 1.82) is 0 Å². The van der Waals surface area contributed by atoms with Gasteiger partial charge in [-0.1, -0.05) is 11.8 Å². The molecule has 0 saturated carbocycles. The summed E-state index contributed by atoms with van der Waals surface area (Å²) >= 11 is 0. The van der Waals surface area contributed by atoms with E-state index in [4.69, 9.17) is 5.11 Å². The maximum Gasteiger partial charge on any atom is 0.273 e. The molecule has 1 amide bonds. The van der Waals surface area contributed by atoms with Gasteiger partial charge >= 0.3 is 0 Å². The van der Waals surface area contributed by atoms with Gasteiger partial charge in [0.05, 0.1) is 11.3 Å². The van der Waals surface area contributed by atoms with E-state index in [9.17, 15) is 9.18 Å². The molecule has 2 N–H and O–H groups in total. The molecule has 0 aliphatic carbocycles. The van der Waals surface area contributed by atoms with E-state index in [0.29, 0.717) is 11.4 Å². The van der Waals surface area contributed by atoms with Crippen molar-refractivity contribution in [3.8, 4) is 11.8 Å². The van der Waals surface area contributed by atoms with Crippen LogP contribution in [0, 0.1) is 24.6 Å². The quantitative estimate of drug-likeness (QED) is 0.822. The highest BCUT2D eigenvalue weighted by molar-refractivity contribution is 6.03. The smallest absolute Gasteiger partial charge is 0.273 e. The first-order valence-electron chi connectivity index (χ1n) is 6.22. The molecule has 1 aromatic carbocycles. The highest BCUT2D eigenvalue weighted by Crippen LogP contribution is 2.15. The number of hydrogen-bond acceptors (Lipinski definition) is 3. The first kappa shape index (κ1) is 14.8. The van der Waals surface area contributed by atoms with Crippen molar-refractivity contribution in [2.45, 2.75) is 6.92 Å². The Morgan fingerprint density at radius 2 is 2.24 bits per heavy atom. The number of anilines is 1. The Kier molecular flexibility index (Phi) is 4.36. The average molecular weight is 287 g/mol. The van der Waals surface area contributed by atoms with Gasteiger partial charge in [0.2, 0.25) is 0 Å². The second-order valence-electron chi connectivity index (χ2n) is 4.40. The van der Waals surface area contributed by atoms with E-state index in [1.807, 2.05) is 0 Å². The van der Waals surface area contributed by atoms with Crippen molar-refractivity contribution < 1.29 is 14.3 Å². The van der Waals surface area contributed by atoms with Gasteiger partial charge in [0, 0.05) is 12.7 Å². The Morgan fingerprint density at radius 3 is 2.81 bits per heavy atom. The maximum atomic E-state index is 13.8. The Balaban J connectivity index is 2.18. The molecule has 0 saturated heterocycles. The zero-order valence-electron chi connectivity index (χ0n) is 11.6. The van der Waals surface area contributed by atoms with Gasteiger partial charge in [-0.15, -0.1) is 0 Å². The van der Waals surface area contributed by atoms with Crippen molar-refractivity contribution in [2.75, 3.05) is 11.9 Å². The highest BCUT2D eigenvalue weighted by atomic mass is 19.1. The number of carbonyl (C=O) groups is 1. The third kappa shape index (κ3) is 3.46. The average Bonchev–Trinajstić information content (AvgIpc) is 2.77. The molecule has 0 aliphatic heterocycles. The van der Waals surface area contributed by atoms with Crippen LogP contribution < -0.4 is 5.32 Å². The predicted octanol–water partition coefficient (Wildman–Crippen LogP) is 1.46. The number of rotatable bonds is 2. The lowest BCUT2D eigenvalue weighted by atomic mass is 10.2. The minimum absolute atomic E-state index is 0.165. The molecule has 0 aliphatic rings. The van der Waals surface area contributed by atoms with Crippen LogP contribution in [0.25, 0.3) is 0 Å². The number of aryl methyl sites for hydroxylation is 2. The van der Waals surface area contributed by atoms with Crippen molar-refractivity contribution in [2.24, 2.45) is 7.05 Å². The number of amides is 1. The Hall–Kier alpha value is -2.65. The van der Waals surface area contributed by atoms with Gasteiger partial charge in [0.15, 0.2) is 0 Å². The summed E-state index contributed by atoms with van der Waals surface area (Å²) in [6.07, 6.45) is 0. The number of aliphatic hydroxyl groups excluding tert-OH is 1.